The average Bonchev–Trinajstić information content (AvgIpc) is 2.48. The SMILES string of the molecule is O=c1[nH]c(=O)n(-c2ccccc2Cl)c2c(Cl)c(C(F)(F)F)ccc12. The van der Waals surface area contributed by atoms with E-state index in [1.807, 2.05) is 4.98 Å². The van der Waals surface area contributed by atoms with Gasteiger partial charge >= 0.3 is 11.9 Å². The van der Waals surface area contributed by atoms with E-state index in [4.69, 9.17) is 23.2 Å². The molecule has 2 aromatic carbocycles. The summed E-state index contributed by atoms with van der Waals surface area (Å²) in [6.45, 7) is 0. The third kappa shape index (κ3) is 2.59. The lowest BCUT2D eigenvalue weighted by atomic mass is 10.1. The second-order valence-electron chi connectivity index (χ2n) is 4.87. The normalized spacial score (nSPS) is 11.9. The summed E-state index contributed by atoms with van der Waals surface area (Å²) in [6, 6.07) is 7.69. The number of nitrogens with zero attached hydrogens (tertiary/aromatic N) is 1. The van der Waals surface area contributed by atoms with E-state index in [1.165, 1.54) is 12.1 Å². The molecule has 0 aliphatic heterocycles. The van der Waals surface area contributed by atoms with Crippen LogP contribution in [0.2, 0.25) is 10.0 Å². The molecule has 0 saturated heterocycles. The zero-order valence-corrected chi connectivity index (χ0v) is 13.1. The van der Waals surface area contributed by atoms with Crippen LogP contribution in [0.1, 0.15) is 5.56 Å². The van der Waals surface area contributed by atoms with Gasteiger partial charge in [-0.15, -0.1) is 0 Å². The molecule has 3 rings (SSSR count). The van der Waals surface area contributed by atoms with Gasteiger partial charge in [0.15, 0.2) is 0 Å². The molecule has 1 N–H and O–H groups in total. The topological polar surface area (TPSA) is 54.9 Å². The fraction of sp³-hybridized carbons (Fsp3) is 0.0667. The minimum Gasteiger partial charge on any atom is -0.273 e. The maximum absolute atomic E-state index is 13.1. The van der Waals surface area contributed by atoms with E-state index in [1.54, 1.807) is 12.1 Å². The summed E-state index contributed by atoms with van der Waals surface area (Å²) in [5.74, 6) is 0. The number of hydrogen-bond acceptors (Lipinski definition) is 2. The molecule has 0 radical (unpaired) electrons. The third-order valence-electron chi connectivity index (χ3n) is 3.41. The van der Waals surface area contributed by atoms with Crippen molar-refractivity contribution >= 4 is 34.1 Å². The van der Waals surface area contributed by atoms with Gasteiger partial charge in [-0.3, -0.25) is 14.3 Å². The summed E-state index contributed by atoms with van der Waals surface area (Å²) >= 11 is 11.9. The molecular formula is C15H7Cl2F3N2O2. The Morgan fingerprint density at radius 3 is 2.29 bits per heavy atom. The summed E-state index contributed by atoms with van der Waals surface area (Å²) in [4.78, 5) is 26.2. The first-order chi connectivity index (χ1) is 11.2. The minimum absolute atomic E-state index is 0.103. The molecule has 3 aromatic rings. The lowest BCUT2D eigenvalue weighted by Gasteiger charge is -2.15. The molecule has 4 nitrogen and oxygen atoms in total. The van der Waals surface area contributed by atoms with Gasteiger partial charge in [0.1, 0.15) is 0 Å². The highest BCUT2D eigenvalue weighted by atomic mass is 35.5. The van der Waals surface area contributed by atoms with E-state index >= 15 is 0 Å². The molecule has 0 aliphatic carbocycles. The van der Waals surface area contributed by atoms with Crippen LogP contribution in [0.4, 0.5) is 13.2 Å². The summed E-state index contributed by atoms with van der Waals surface area (Å²) < 4.78 is 40.2. The van der Waals surface area contributed by atoms with Crippen molar-refractivity contribution in [3.63, 3.8) is 0 Å². The van der Waals surface area contributed by atoms with Crippen LogP contribution in [-0.4, -0.2) is 9.55 Å². The van der Waals surface area contributed by atoms with E-state index in [2.05, 4.69) is 0 Å². The smallest absolute Gasteiger partial charge is 0.273 e. The fourth-order valence-corrected chi connectivity index (χ4v) is 2.95. The second kappa shape index (κ2) is 5.68. The van der Waals surface area contributed by atoms with Gasteiger partial charge in [-0.1, -0.05) is 35.3 Å². The highest BCUT2D eigenvalue weighted by Crippen LogP contribution is 2.38. The van der Waals surface area contributed by atoms with Crippen molar-refractivity contribution < 1.29 is 13.2 Å². The molecule has 0 spiro atoms. The van der Waals surface area contributed by atoms with Crippen molar-refractivity contribution in [3.05, 3.63) is 72.8 Å². The first-order valence-electron chi connectivity index (χ1n) is 6.51. The zero-order chi connectivity index (χ0) is 17.6. The van der Waals surface area contributed by atoms with E-state index < -0.39 is 28.0 Å². The van der Waals surface area contributed by atoms with Crippen molar-refractivity contribution in [2.45, 2.75) is 6.18 Å². The third-order valence-corrected chi connectivity index (χ3v) is 4.11. The summed E-state index contributed by atoms with van der Waals surface area (Å²) in [5, 5.41) is -0.794. The van der Waals surface area contributed by atoms with E-state index in [-0.39, 0.29) is 21.6 Å². The van der Waals surface area contributed by atoms with Gasteiger partial charge in [0.2, 0.25) is 0 Å². The van der Waals surface area contributed by atoms with Crippen LogP contribution in [0.5, 0.6) is 0 Å². The largest absolute Gasteiger partial charge is 0.417 e. The van der Waals surface area contributed by atoms with Crippen molar-refractivity contribution in [2.24, 2.45) is 0 Å². The molecule has 124 valence electrons. The van der Waals surface area contributed by atoms with E-state index in [9.17, 15) is 22.8 Å². The van der Waals surface area contributed by atoms with Gasteiger partial charge in [-0.25, -0.2) is 4.79 Å². The van der Waals surface area contributed by atoms with Gasteiger partial charge in [-0.2, -0.15) is 13.2 Å². The summed E-state index contributed by atoms with van der Waals surface area (Å²) in [5.41, 5.74) is -3.18. The van der Waals surface area contributed by atoms with Crippen molar-refractivity contribution in [2.75, 3.05) is 0 Å². The van der Waals surface area contributed by atoms with Crippen molar-refractivity contribution in [3.8, 4) is 5.69 Å². The van der Waals surface area contributed by atoms with Crippen LogP contribution in [0, 0.1) is 0 Å². The van der Waals surface area contributed by atoms with Crippen LogP contribution in [-0.2, 0) is 6.18 Å². The Kier molecular flexibility index (Phi) is 3.93. The van der Waals surface area contributed by atoms with Gasteiger partial charge < -0.3 is 0 Å². The summed E-state index contributed by atoms with van der Waals surface area (Å²) in [6.07, 6.45) is -4.74. The van der Waals surface area contributed by atoms with Crippen LogP contribution < -0.4 is 11.2 Å². The van der Waals surface area contributed by atoms with Crippen LogP contribution in [0.25, 0.3) is 16.6 Å². The van der Waals surface area contributed by atoms with E-state index in [0.29, 0.717) is 6.07 Å². The molecule has 0 unspecified atom stereocenters. The zero-order valence-electron chi connectivity index (χ0n) is 11.6. The number of benzene rings is 2. The Morgan fingerprint density at radius 2 is 1.67 bits per heavy atom. The van der Waals surface area contributed by atoms with Crippen LogP contribution in [0.3, 0.4) is 0 Å². The van der Waals surface area contributed by atoms with Gasteiger partial charge in [-0.05, 0) is 24.3 Å². The summed E-state index contributed by atoms with van der Waals surface area (Å²) in [7, 11) is 0. The maximum Gasteiger partial charge on any atom is 0.417 e. The number of hydrogen-bond donors (Lipinski definition) is 1. The number of aromatic nitrogens is 2. The predicted molar refractivity (Wildman–Crippen MR) is 85.2 cm³/mol. The Labute approximate surface area is 142 Å². The van der Waals surface area contributed by atoms with Gasteiger partial charge in [0.05, 0.1) is 32.2 Å². The molecule has 0 amide bonds. The van der Waals surface area contributed by atoms with E-state index in [0.717, 1.165) is 10.6 Å². The van der Waals surface area contributed by atoms with Crippen molar-refractivity contribution in [1.29, 1.82) is 0 Å². The first-order valence-corrected chi connectivity index (χ1v) is 7.27. The highest BCUT2D eigenvalue weighted by molar-refractivity contribution is 6.36. The average molecular weight is 375 g/mol. The molecule has 24 heavy (non-hydrogen) atoms. The molecule has 0 saturated carbocycles. The number of rotatable bonds is 1. The van der Waals surface area contributed by atoms with Gasteiger partial charge in [0.25, 0.3) is 5.56 Å². The maximum atomic E-state index is 13.1. The van der Waals surface area contributed by atoms with Gasteiger partial charge in [0, 0.05) is 0 Å². The Hall–Kier alpha value is -2.25. The first kappa shape index (κ1) is 16.6. The Morgan fingerprint density at radius 1 is 1.00 bits per heavy atom. The number of para-hydroxylation sites is 1. The Balaban J connectivity index is 2.57. The van der Waals surface area contributed by atoms with Crippen LogP contribution in [0.15, 0.2) is 46.0 Å². The molecule has 1 aromatic heterocycles. The second-order valence-corrected chi connectivity index (χ2v) is 5.65. The number of fused-ring (bicyclic) bond motifs is 1. The molecule has 0 aliphatic rings. The lowest BCUT2D eigenvalue weighted by Crippen LogP contribution is -2.30. The number of H-pyrrole nitrogens is 1. The quantitative estimate of drug-likeness (QED) is 0.699. The monoisotopic (exact) mass is 374 g/mol. The standard InChI is InChI=1S/C15H7Cl2F3N2O2/c16-9-3-1-2-4-10(9)22-12-7(13(23)21-14(22)24)5-6-8(11(12)17)15(18,19)20/h1-6H,(H,21,23,24). The minimum atomic E-state index is -4.74. The number of halogens is 5. The van der Waals surface area contributed by atoms with Crippen LogP contribution >= 0.6 is 23.2 Å². The molecule has 1 heterocycles. The fourth-order valence-electron chi connectivity index (χ4n) is 2.37. The number of alkyl halides is 3. The highest BCUT2D eigenvalue weighted by Gasteiger charge is 2.34. The molecule has 9 heteroatoms. The van der Waals surface area contributed by atoms with Crippen molar-refractivity contribution in [1.82, 2.24) is 9.55 Å². The predicted octanol–water partition coefficient (Wildman–Crippen LogP) is 4.00. The number of aromatic amines is 1. The molecular weight excluding hydrogens is 368 g/mol. The Bertz CT molecular complexity index is 1070. The molecule has 0 bridgehead atoms. The number of nitrogens with one attached hydrogen (secondary N) is 1. The molecule has 0 fully saturated rings. The molecule has 0 atom stereocenters. The lowest BCUT2D eigenvalue weighted by molar-refractivity contribution is -0.137.